The molecule has 0 N–H and O–H groups in total. The van der Waals surface area contributed by atoms with Crippen LogP contribution < -0.4 is 10.4 Å². The third-order valence-corrected chi connectivity index (χ3v) is 16.6. The van der Waals surface area contributed by atoms with Crippen LogP contribution in [0, 0.1) is 35.3 Å². The van der Waals surface area contributed by atoms with Crippen molar-refractivity contribution >= 4 is 26.5 Å². The molecule has 2 unspecified atom stereocenters. The zero-order valence-electron chi connectivity index (χ0n) is 23.3. The van der Waals surface area contributed by atoms with E-state index < -0.39 is 16.1 Å². The molecule has 3 rings (SSSR count). The monoisotopic (exact) mass is 502 g/mol. The number of allylic oxidation sites excluding steroid dienone is 4. The molecule has 178 valence electrons. The largest absolute Gasteiger partial charge is 4.00 e. The van der Waals surface area contributed by atoms with Gasteiger partial charge in [-0.3, -0.25) is 6.08 Å². The van der Waals surface area contributed by atoms with E-state index in [2.05, 4.69) is 85.1 Å². The van der Waals surface area contributed by atoms with E-state index in [0.717, 1.165) is 5.54 Å². The summed E-state index contributed by atoms with van der Waals surface area (Å²) in [6.07, 6.45) is 11.2. The van der Waals surface area contributed by atoms with Crippen molar-refractivity contribution in [3.8, 4) is 0 Å². The Bertz CT molecular complexity index is 824. The van der Waals surface area contributed by atoms with E-state index in [9.17, 15) is 0 Å². The number of hydrogen-bond donors (Lipinski definition) is 0. The molecule has 0 spiro atoms. The molecule has 1 fully saturated rings. The second kappa shape index (κ2) is 12.0. The van der Waals surface area contributed by atoms with Crippen molar-refractivity contribution in [2.75, 3.05) is 0 Å². The molecule has 2 aliphatic carbocycles. The fourth-order valence-electron chi connectivity index (χ4n) is 5.87. The molecule has 0 amide bonds. The standard InChI is InChI=1S/C26H41Si2.3CH3.Ti/c1-19-15-24(27(6,7)8)17-25(16-19)28(9,23-13-11-10-12-14-23)26(5)18-20(2)21(3)22(26)4;;;;/h15-17,23H,10-14H2,1-9H3;3*1H3;/q4*-1;+4. The van der Waals surface area contributed by atoms with E-state index >= 15 is 0 Å². The number of aryl methyl sites for hydroxylation is 1. The minimum atomic E-state index is -1.87. The van der Waals surface area contributed by atoms with Gasteiger partial charge >= 0.3 is 21.7 Å². The van der Waals surface area contributed by atoms with E-state index in [1.165, 1.54) is 48.8 Å². The van der Waals surface area contributed by atoms with Crippen LogP contribution in [0.15, 0.2) is 34.9 Å². The van der Waals surface area contributed by atoms with Crippen LogP contribution in [-0.4, -0.2) is 16.1 Å². The van der Waals surface area contributed by atoms with Gasteiger partial charge < -0.3 is 22.3 Å². The van der Waals surface area contributed by atoms with E-state index in [4.69, 9.17) is 0 Å². The Morgan fingerprint density at radius 1 is 0.812 bits per heavy atom. The molecule has 32 heavy (non-hydrogen) atoms. The van der Waals surface area contributed by atoms with Crippen LogP contribution in [0.2, 0.25) is 36.8 Å². The predicted molar refractivity (Wildman–Crippen MR) is 151 cm³/mol. The molecule has 0 aliphatic heterocycles. The first-order valence-electron chi connectivity index (χ1n) is 11.3. The van der Waals surface area contributed by atoms with E-state index in [1.807, 2.05) is 0 Å². The second-order valence-corrected chi connectivity index (χ2v) is 20.9. The van der Waals surface area contributed by atoms with Gasteiger partial charge in [0.2, 0.25) is 0 Å². The van der Waals surface area contributed by atoms with Gasteiger partial charge in [0.1, 0.15) is 0 Å². The van der Waals surface area contributed by atoms with Crippen molar-refractivity contribution in [2.45, 2.75) is 103 Å². The summed E-state index contributed by atoms with van der Waals surface area (Å²) in [5, 5.41) is 3.46. The molecule has 0 bridgehead atoms. The average molecular weight is 503 g/mol. The zero-order chi connectivity index (χ0) is 20.9. The molecule has 3 heteroatoms. The smallest absolute Gasteiger partial charge is 0.358 e. The Labute approximate surface area is 219 Å². The molecule has 1 aromatic rings. The van der Waals surface area contributed by atoms with Crippen molar-refractivity contribution in [2.24, 2.45) is 0 Å². The summed E-state index contributed by atoms with van der Waals surface area (Å²) in [5.74, 6) is 0. The summed E-state index contributed by atoms with van der Waals surface area (Å²) in [5.41, 5.74) is 6.82. The van der Waals surface area contributed by atoms with E-state index in [-0.39, 0.29) is 49.0 Å². The fraction of sp³-hybridized carbons (Fsp3) is 0.552. The summed E-state index contributed by atoms with van der Waals surface area (Å²) in [7, 11) is -3.22. The Morgan fingerprint density at radius 2 is 1.31 bits per heavy atom. The van der Waals surface area contributed by atoms with Crippen molar-refractivity contribution < 1.29 is 21.7 Å². The van der Waals surface area contributed by atoms with Crippen molar-refractivity contribution in [3.05, 3.63) is 68.8 Å². The maximum atomic E-state index is 4.06. The van der Waals surface area contributed by atoms with E-state index in [1.54, 1.807) is 15.9 Å². The van der Waals surface area contributed by atoms with Gasteiger partial charge in [0.05, 0.1) is 16.1 Å². The SMILES string of the molecule is CC1=[C-]C(C)([Si](C)(c2cc(C)cc([Si](C)(C)C)c2)C2CCCCC2)C(C)=C1C.[CH3-].[CH3-].[CH3-].[Ti+4]. The van der Waals surface area contributed by atoms with Gasteiger partial charge in [-0.05, 0) is 12.5 Å². The molecule has 1 aromatic carbocycles. The van der Waals surface area contributed by atoms with Crippen molar-refractivity contribution in [3.63, 3.8) is 0 Å². The summed E-state index contributed by atoms with van der Waals surface area (Å²) >= 11 is 0. The van der Waals surface area contributed by atoms with Gasteiger partial charge in [0.15, 0.2) is 0 Å². The fourth-order valence-corrected chi connectivity index (χ4v) is 13.1. The minimum absolute atomic E-state index is 0. The maximum Gasteiger partial charge on any atom is 4.00 e. The summed E-state index contributed by atoms with van der Waals surface area (Å²) < 4.78 is 0. The van der Waals surface area contributed by atoms with Crippen LogP contribution >= 0.6 is 0 Å². The Balaban J connectivity index is 0. The maximum absolute atomic E-state index is 4.06. The van der Waals surface area contributed by atoms with E-state index in [0.29, 0.717) is 0 Å². The molecular weight excluding hydrogens is 452 g/mol. The summed E-state index contributed by atoms with van der Waals surface area (Å²) in [6, 6.07) is 7.69. The van der Waals surface area contributed by atoms with Crippen molar-refractivity contribution in [1.82, 2.24) is 0 Å². The topological polar surface area (TPSA) is 0 Å². The van der Waals surface area contributed by atoms with Gasteiger partial charge in [-0.2, -0.15) is 11.1 Å². The summed E-state index contributed by atoms with van der Waals surface area (Å²) in [4.78, 5) is 0. The first kappa shape index (κ1) is 34.0. The van der Waals surface area contributed by atoms with Crippen molar-refractivity contribution in [1.29, 1.82) is 0 Å². The first-order chi connectivity index (χ1) is 12.9. The molecule has 0 heterocycles. The van der Waals surface area contributed by atoms with Crippen LogP contribution in [0.25, 0.3) is 0 Å². The summed E-state index contributed by atoms with van der Waals surface area (Å²) in [6.45, 7) is 22.1. The molecule has 1 saturated carbocycles. The van der Waals surface area contributed by atoms with Gasteiger partial charge in [-0.1, -0.05) is 118 Å². The third kappa shape index (κ3) is 5.73. The molecule has 2 aliphatic rings. The predicted octanol–water partition coefficient (Wildman–Crippen LogP) is 8.37. The van der Waals surface area contributed by atoms with Crippen LogP contribution in [0.1, 0.15) is 65.4 Å². The molecular formula is C29H50Si2Ti. The molecule has 0 radical (unpaired) electrons. The van der Waals surface area contributed by atoms with Crippen LogP contribution in [0.3, 0.4) is 0 Å². The van der Waals surface area contributed by atoms with Gasteiger partial charge in [0, 0.05) is 0 Å². The van der Waals surface area contributed by atoms with Gasteiger partial charge in [0.25, 0.3) is 0 Å². The van der Waals surface area contributed by atoms with Crippen LogP contribution in [0.5, 0.6) is 0 Å². The number of rotatable bonds is 4. The van der Waals surface area contributed by atoms with Crippen LogP contribution in [0.4, 0.5) is 0 Å². The second-order valence-electron chi connectivity index (χ2n) is 11.0. The van der Waals surface area contributed by atoms with Gasteiger partial charge in [-0.15, -0.1) is 6.92 Å². The average Bonchev–Trinajstić information content (AvgIpc) is 2.84. The molecule has 0 saturated heterocycles. The number of hydrogen-bond acceptors (Lipinski definition) is 0. The van der Waals surface area contributed by atoms with Gasteiger partial charge in [-0.25, -0.2) is 5.57 Å². The Hall–Kier alpha value is -0.152. The zero-order valence-corrected chi connectivity index (χ0v) is 26.9. The molecule has 2 atom stereocenters. The third-order valence-electron chi connectivity index (χ3n) is 8.32. The molecule has 0 nitrogen and oxygen atoms in total. The Kier molecular flexibility index (Phi) is 12.8. The number of benzene rings is 1. The first-order valence-corrected chi connectivity index (χ1v) is 17.4. The Morgan fingerprint density at radius 3 is 1.75 bits per heavy atom. The van der Waals surface area contributed by atoms with Crippen LogP contribution in [-0.2, 0) is 21.7 Å². The normalized spacial score (nSPS) is 23.1. The molecule has 0 aromatic heterocycles. The minimum Gasteiger partial charge on any atom is -0.358 e. The quantitative estimate of drug-likeness (QED) is 0.287.